The molecule has 1 aromatic carbocycles. The third-order valence-corrected chi connectivity index (χ3v) is 3.43. The van der Waals surface area contributed by atoms with Crippen molar-refractivity contribution in [1.82, 2.24) is 10.6 Å². The third kappa shape index (κ3) is 4.81. The van der Waals surface area contributed by atoms with E-state index in [-0.39, 0.29) is 17.6 Å². The van der Waals surface area contributed by atoms with Crippen molar-refractivity contribution >= 4 is 5.91 Å². The van der Waals surface area contributed by atoms with Crippen molar-refractivity contribution in [2.45, 2.75) is 19.3 Å². The Morgan fingerprint density at radius 2 is 2.10 bits per heavy atom. The number of benzene rings is 1. The molecule has 0 aliphatic carbocycles. The number of carbonyl (C=O) groups is 1. The molecule has 1 aromatic rings. The van der Waals surface area contributed by atoms with Crippen molar-refractivity contribution in [3.8, 4) is 5.75 Å². The minimum absolute atomic E-state index is 0.107. The van der Waals surface area contributed by atoms with Crippen LogP contribution in [0.4, 0.5) is 4.39 Å². The molecule has 0 radical (unpaired) electrons. The van der Waals surface area contributed by atoms with Crippen molar-refractivity contribution in [1.29, 1.82) is 0 Å². The predicted octanol–water partition coefficient (Wildman–Crippen LogP) is 1.71. The van der Waals surface area contributed by atoms with Crippen molar-refractivity contribution in [2.24, 2.45) is 5.92 Å². The van der Waals surface area contributed by atoms with Crippen molar-refractivity contribution < 1.29 is 13.9 Å². The summed E-state index contributed by atoms with van der Waals surface area (Å²) in [4.78, 5) is 12.0. The highest BCUT2D eigenvalue weighted by Gasteiger charge is 2.19. The van der Waals surface area contributed by atoms with E-state index in [0.717, 1.165) is 32.4 Å². The second-order valence-corrected chi connectivity index (χ2v) is 4.97. The number of halogens is 1. The number of hydrogen-bond donors (Lipinski definition) is 2. The summed E-state index contributed by atoms with van der Waals surface area (Å²) in [7, 11) is 0. The maximum atomic E-state index is 12.7. The Hall–Kier alpha value is -1.62. The first-order valence-electron chi connectivity index (χ1n) is 7.12. The molecule has 1 amide bonds. The van der Waals surface area contributed by atoms with E-state index in [1.807, 2.05) is 0 Å². The minimum atomic E-state index is -0.285. The summed E-state index contributed by atoms with van der Waals surface area (Å²) in [6.07, 6.45) is 2.88. The first-order chi connectivity index (χ1) is 9.75. The monoisotopic (exact) mass is 280 g/mol. The number of amides is 1. The summed E-state index contributed by atoms with van der Waals surface area (Å²) in [6, 6.07) is 5.86. The van der Waals surface area contributed by atoms with Crippen LogP contribution in [0.1, 0.15) is 19.3 Å². The Labute approximate surface area is 118 Å². The van der Waals surface area contributed by atoms with Gasteiger partial charge in [-0.25, -0.2) is 4.39 Å². The van der Waals surface area contributed by atoms with E-state index < -0.39 is 0 Å². The van der Waals surface area contributed by atoms with E-state index in [1.54, 1.807) is 12.1 Å². The van der Waals surface area contributed by atoms with Gasteiger partial charge in [0.15, 0.2) is 0 Å². The first-order valence-corrected chi connectivity index (χ1v) is 7.12. The minimum Gasteiger partial charge on any atom is -0.492 e. The highest BCUT2D eigenvalue weighted by atomic mass is 19.1. The van der Waals surface area contributed by atoms with Crippen LogP contribution in [-0.2, 0) is 4.79 Å². The molecular formula is C15H21FN2O2. The smallest absolute Gasteiger partial charge is 0.223 e. The van der Waals surface area contributed by atoms with Crippen LogP contribution in [-0.4, -0.2) is 32.1 Å². The zero-order valence-corrected chi connectivity index (χ0v) is 11.5. The van der Waals surface area contributed by atoms with Gasteiger partial charge in [0.05, 0.1) is 6.54 Å². The Bertz CT molecular complexity index is 414. The summed E-state index contributed by atoms with van der Waals surface area (Å²) in [5, 5.41) is 6.19. The maximum absolute atomic E-state index is 12.7. The number of carbonyl (C=O) groups excluding carboxylic acids is 1. The van der Waals surface area contributed by atoms with Crippen LogP contribution in [0.25, 0.3) is 0 Å². The zero-order chi connectivity index (χ0) is 14.2. The van der Waals surface area contributed by atoms with Crippen molar-refractivity contribution in [2.75, 3.05) is 26.2 Å². The van der Waals surface area contributed by atoms with Crippen LogP contribution < -0.4 is 15.4 Å². The quantitative estimate of drug-likeness (QED) is 0.807. The Balaban J connectivity index is 1.64. The van der Waals surface area contributed by atoms with E-state index in [2.05, 4.69) is 10.6 Å². The molecule has 0 bridgehead atoms. The Kier molecular flexibility index (Phi) is 5.80. The lowest BCUT2D eigenvalue weighted by Gasteiger charge is -2.14. The van der Waals surface area contributed by atoms with Crippen LogP contribution >= 0.6 is 0 Å². The summed E-state index contributed by atoms with van der Waals surface area (Å²) >= 11 is 0. The van der Waals surface area contributed by atoms with Gasteiger partial charge in [0.25, 0.3) is 0 Å². The van der Waals surface area contributed by atoms with Gasteiger partial charge in [-0.1, -0.05) is 0 Å². The molecular weight excluding hydrogens is 259 g/mol. The molecule has 1 aliphatic heterocycles. The molecule has 0 aromatic heterocycles. The van der Waals surface area contributed by atoms with Crippen LogP contribution in [0.15, 0.2) is 24.3 Å². The van der Waals surface area contributed by atoms with E-state index in [1.165, 1.54) is 12.1 Å². The molecule has 1 aliphatic rings. The van der Waals surface area contributed by atoms with Crippen LogP contribution in [0, 0.1) is 11.7 Å². The summed E-state index contributed by atoms with van der Waals surface area (Å²) in [5.41, 5.74) is 0. The lowest BCUT2D eigenvalue weighted by Crippen LogP contribution is -2.34. The molecule has 1 atom stereocenters. The molecule has 0 unspecified atom stereocenters. The lowest BCUT2D eigenvalue weighted by molar-refractivity contribution is -0.125. The van der Waals surface area contributed by atoms with E-state index in [0.29, 0.717) is 18.9 Å². The fraction of sp³-hybridized carbons (Fsp3) is 0.533. The van der Waals surface area contributed by atoms with Crippen LogP contribution in [0.3, 0.4) is 0 Å². The van der Waals surface area contributed by atoms with E-state index >= 15 is 0 Å². The third-order valence-electron chi connectivity index (χ3n) is 3.43. The van der Waals surface area contributed by atoms with Crippen LogP contribution in [0.2, 0.25) is 0 Å². The Morgan fingerprint density at radius 3 is 2.90 bits per heavy atom. The highest BCUT2D eigenvalue weighted by molar-refractivity contribution is 5.78. The summed E-state index contributed by atoms with van der Waals surface area (Å²) in [6.45, 7) is 2.77. The predicted molar refractivity (Wildman–Crippen MR) is 75.1 cm³/mol. The van der Waals surface area contributed by atoms with Gasteiger partial charge in [-0.15, -0.1) is 0 Å². The highest BCUT2D eigenvalue weighted by Crippen LogP contribution is 2.13. The lowest BCUT2D eigenvalue weighted by atomic mass is 10.00. The van der Waals surface area contributed by atoms with E-state index in [4.69, 9.17) is 4.74 Å². The topological polar surface area (TPSA) is 50.4 Å². The largest absolute Gasteiger partial charge is 0.492 e. The Morgan fingerprint density at radius 1 is 1.30 bits per heavy atom. The molecule has 1 heterocycles. The van der Waals surface area contributed by atoms with E-state index in [9.17, 15) is 9.18 Å². The van der Waals surface area contributed by atoms with Crippen LogP contribution in [0.5, 0.6) is 5.75 Å². The molecule has 5 heteroatoms. The molecule has 2 N–H and O–H groups in total. The maximum Gasteiger partial charge on any atom is 0.223 e. The zero-order valence-electron chi connectivity index (χ0n) is 11.5. The first kappa shape index (κ1) is 14.8. The molecule has 20 heavy (non-hydrogen) atoms. The van der Waals surface area contributed by atoms with Gasteiger partial charge in [-0.05, 0) is 56.6 Å². The molecule has 1 saturated heterocycles. The number of ether oxygens (including phenoxy) is 1. The SMILES string of the molecule is O=C(NCCOc1ccc(F)cc1)[C@H]1CCCNCC1. The molecule has 2 rings (SSSR count). The van der Waals surface area contributed by atoms with Gasteiger partial charge in [-0.3, -0.25) is 4.79 Å². The van der Waals surface area contributed by atoms with Gasteiger partial charge in [0.2, 0.25) is 5.91 Å². The normalized spacial score (nSPS) is 19.1. The summed E-state index contributed by atoms with van der Waals surface area (Å²) < 4.78 is 18.1. The standard InChI is InChI=1S/C15H21FN2O2/c16-13-3-5-14(6-4-13)20-11-10-18-15(19)12-2-1-8-17-9-7-12/h3-6,12,17H,1-2,7-11H2,(H,18,19)/t12-/m0/s1. The average Bonchev–Trinajstić information content (AvgIpc) is 2.74. The molecule has 4 nitrogen and oxygen atoms in total. The van der Waals surface area contributed by atoms with Gasteiger partial charge < -0.3 is 15.4 Å². The van der Waals surface area contributed by atoms with Gasteiger partial charge in [0, 0.05) is 5.92 Å². The number of rotatable bonds is 5. The average molecular weight is 280 g/mol. The second-order valence-electron chi connectivity index (χ2n) is 4.97. The number of nitrogens with one attached hydrogen (secondary N) is 2. The summed E-state index contributed by atoms with van der Waals surface area (Å²) in [5.74, 6) is 0.541. The van der Waals surface area contributed by atoms with Gasteiger partial charge >= 0.3 is 0 Å². The second kappa shape index (κ2) is 7.85. The number of hydrogen-bond acceptors (Lipinski definition) is 3. The molecule has 0 spiro atoms. The molecule has 0 saturated carbocycles. The molecule has 1 fully saturated rings. The van der Waals surface area contributed by atoms with Gasteiger partial charge in [0.1, 0.15) is 18.2 Å². The fourth-order valence-electron chi connectivity index (χ4n) is 2.30. The molecule has 110 valence electrons. The van der Waals surface area contributed by atoms with Crippen molar-refractivity contribution in [3.63, 3.8) is 0 Å². The van der Waals surface area contributed by atoms with Gasteiger partial charge in [-0.2, -0.15) is 0 Å². The van der Waals surface area contributed by atoms with Crippen molar-refractivity contribution in [3.05, 3.63) is 30.1 Å². The fourth-order valence-corrected chi connectivity index (χ4v) is 2.30.